The number of hydrogen-bond acceptors (Lipinski definition) is 6. The van der Waals surface area contributed by atoms with Crippen LogP contribution in [0, 0.1) is 12.8 Å². The molecule has 3 amide bonds. The monoisotopic (exact) mass is 554 g/mol. The number of ether oxygens (including phenoxy) is 2. The van der Waals surface area contributed by atoms with E-state index < -0.39 is 0 Å². The van der Waals surface area contributed by atoms with E-state index in [0.717, 1.165) is 85.2 Å². The molecule has 4 heterocycles. The highest BCUT2D eigenvalue weighted by Gasteiger charge is 2.37. The predicted octanol–water partition coefficient (Wildman–Crippen LogP) is 4.43. The molecule has 2 aromatic rings. The van der Waals surface area contributed by atoms with Crippen LogP contribution in [0.15, 0.2) is 30.3 Å². The molecule has 1 aromatic carbocycles. The van der Waals surface area contributed by atoms with Gasteiger partial charge in [-0.2, -0.15) is 0 Å². The largest absolute Gasteiger partial charge is 0.497 e. The first-order chi connectivity index (χ1) is 18.8. The molecular weight excluding hydrogens is 512 g/mol. The predicted molar refractivity (Wildman–Crippen MR) is 155 cm³/mol. The van der Waals surface area contributed by atoms with Crippen LogP contribution in [0.25, 0.3) is 10.4 Å². The second kappa shape index (κ2) is 12.3. The highest BCUT2D eigenvalue weighted by Crippen LogP contribution is 2.33. The minimum Gasteiger partial charge on any atom is -0.497 e. The summed E-state index contributed by atoms with van der Waals surface area (Å²) < 4.78 is 10.8. The van der Waals surface area contributed by atoms with Crippen molar-refractivity contribution in [2.45, 2.75) is 44.7 Å². The molecule has 212 valence electrons. The van der Waals surface area contributed by atoms with Crippen molar-refractivity contribution < 1.29 is 19.1 Å². The smallest absolute Gasteiger partial charge is 0.320 e. The standard InChI is InChI=1S/C30H42N4O4S/c1-21-17-25(37-4)5-6-26(21)27-7-8-28(39-27)29(35)32(3)24-10-14-34(20-24)30(36)33-13-9-23(19-33)31(2)18-22-11-15-38-16-12-22/h5-8,17,22-24H,9-16,18-20H2,1-4H3. The summed E-state index contributed by atoms with van der Waals surface area (Å²) in [5.41, 5.74) is 2.23. The van der Waals surface area contributed by atoms with E-state index in [-0.39, 0.29) is 18.0 Å². The molecule has 3 aliphatic heterocycles. The fourth-order valence-corrected chi connectivity index (χ4v) is 7.25. The fourth-order valence-electron chi connectivity index (χ4n) is 6.17. The minimum atomic E-state index is 0.0210. The molecule has 3 fully saturated rings. The van der Waals surface area contributed by atoms with Crippen LogP contribution >= 0.6 is 11.3 Å². The zero-order chi connectivity index (χ0) is 27.5. The summed E-state index contributed by atoms with van der Waals surface area (Å²) >= 11 is 1.52. The molecular formula is C30H42N4O4S. The van der Waals surface area contributed by atoms with Crippen molar-refractivity contribution in [1.29, 1.82) is 0 Å². The molecule has 1 aromatic heterocycles. The quantitative estimate of drug-likeness (QED) is 0.507. The van der Waals surface area contributed by atoms with Crippen LogP contribution in [-0.4, -0.2) is 111 Å². The third kappa shape index (κ3) is 6.26. The van der Waals surface area contributed by atoms with Gasteiger partial charge in [0.1, 0.15) is 5.75 Å². The van der Waals surface area contributed by atoms with Crippen molar-refractivity contribution in [3.63, 3.8) is 0 Å². The van der Waals surface area contributed by atoms with Crippen LogP contribution in [0.2, 0.25) is 0 Å². The van der Waals surface area contributed by atoms with Gasteiger partial charge in [-0.25, -0.2) is 4.79 Å². The van der Waals surface area contributed by atoms with E-state index in [1.54, 1.807) is 7.11 Å². The lowest BCUT2D eigenvalue weighted by atomic mass is 9.99. The first-order valence-corrected chi connectivity index (χ1v) is 15.0. The second-order valence-electron chi connectivity index (χ2n) is 11.3. The van der Waals surface area contributed by atoms with E-state index in [2.05, 4.69) is 18.9 Å². The van der Waals surface area contributed by atoms with Crippen LogP contribution in [0.4, 0.5) is 4.79 Å². The summed E-state index contributed by atoms with van der Waals surface area (Å²) in [6, 6.07) is 10.5. The third-order valence-corrected chi connectivity index (χ3v) is 9.87. The van der Waals surface area contributed by atoms with Gasteiger partial charge >= 0.3 is 6.03 Å². The molecule has 9 heteroatoms. The number of thiophene rings is 1. The van der Waals surface area contributed by atoms with Gasteiger partial charge in [0.2, 0.25) is 0 Å². The van der Waals surface area contributed by atoms with Crippen molar-refractivity contribution >= 4 is 23.3 Å². The van der Waals surface area contributed by atoms with Crippen LogP contribution in [-0.2, 0) is 4.74 Å². The van der Waals surface area contributed by atoms with Gasteiger partial charge in [-0.3, -0.25) is 4.79 Å². The highest BCUT2D eigenvalue weighted by atomic mass is 32.1. The molecule has 0 bridgehead atoms. The summed E-state index contributed by atoms with van der Waals surface area (Å²) in [5.74, 6) is 1.55. The Kier molecular flexibility index (Phi) is 8.79. The lowest BCUT2D eigenvalue weighted by Crippen LogP contribution is -2.45. The first-order valence-electron chi connectivity index (χ1n) is 14.2. The summed E-state index contributed by atoms with van der Waals surface area (Å²) in [6.45, 7) is 7.77. The Morgan fingerprint density at radius 3 is 2.38 bits per heavy atom. The van der Waals surface area contributed by atoms with Gasteiger partial charge in [-0.05, 0) is 87.0 Å². The van der Waals surface area contributed by atoms with Gasteiger partial charge in [0.05, 0.1) is 18.0 Å². The molecule has 2 atom stereocenters. The molecule has 0 aliphatic carbocycles. The van der Waals surface area contributed by atoms with E-state index in [0.29, 0.717) is 25.0 Å². The first kappa shape index (κ1) is 27.9. The van der Waals surface area contributed by atoms with Gasteiger partial charge in [0.25, 0.3) is 5.91 Å². The highest BCUT2D eigenvalue weighted by molar-refractivity contribution is 7.17. The summed E-state index contributed by atoms with van der Waals surface area (Å²) in [7, 11) is 5.74. The molecule has 0 spiro atoms. The normalized spacial score (nSPS) is 22.1. The van der Waals surface area contributed by atoms with Crippen LogP contribution in [0.5, 0.6) is 5.75 Å². The number of benzene rings is 1. The van der Waals surface area contributed by atoms with Crippen LogP contribution < -0.4 is 4.74 Å². The minimum absolute atomic E-state index is 0.0210. The van der Waals surface area contributed by atoms with Crippen LogP contribution in [0.3, 0.4) is 0 Å². The molecule has 3 aliphatic rings. The zero-order valence-electron chi connectivity index (χ0n) is 23.7. The Balaban J connectivity index is 1.13. The Morgan fingerprint density at radius 1 is 1.00 bits per heavy atom. The van der Waals surface area contributed by atoms with Crippen molar-refractivity contribution in [2.75, 3.05) is 67.1 Å². The molecule has 8 nitrogen and oxygen atoms in total. The number of amides is 3. The number of urea groups is 1. The van der Waals surface area contributed by atoms with E-state index in [9.17, 15) is 9.59 Å². The third-order valence-electron chi connectivity index (χ3n) is 8.76. The number of carbonyl (C=O) groups is 2. The van der Waals surface area contributed by atoms with Gasteiger partial charge in [-0.1, -0.05) is 0 Å². The van der Waals surface area contributed by atoms with Gasteiger partial charge in [-0.15, -0.1) is 11.3 Å². The maximum Gasteiger partial charge on any atom is 0.320 e. The summed E-state index contributed by atoms with van der Waals surface area (Å²) in [6.07, 6.45) is 4.10. The number of aryl methyl sites for hydroxylation is 1. The maximum atomic E-state index is 13.4. The van der Waals surface area contributed by atoms with E-state index in [1.807, 2.05) is 52.1 Å². The average Bonchev–Trinajstić information content (AvgIpc) is 3.73. The number of likely N-dealkylation sites (tertiary alicyclic amines) is 2. The number of carbonyl (C=O) groups excluding carboxylic acids is 2. The van der Waals surface area contributed by atoms with Crippen molar-refractivity contribution in [2.24, 2.45) is 5.92 Å². The van der Waals surface area contributed by atoms with Crippen LogP contribution in [0.1, 0.15) is 40.9 Å². The van der Waals surface area contributed by atoms with E-state index in [4.69, 9.17) is 9.47 Å². The van der Waals surface area contributed by atoms with Crippen molar-refractivity contribution in [1.82, 2.24) is 19.6 Å². The number of hydrogen-bond donors (Lipinski definition) is 0. The number of likely N-dealkylation sites (N-methyl/N-ethyl adjacent to an activating group) is 2. The number of nitrogens with zero attached hydrogens (tertiary/aromatic N) is 4. The average molecular weight is 555 g/mol. The molecule has 0 N–H and O–H groups in total. The molecule has 0 radical (unpaired) electrons. The van der Waals surface area contributed by atoms with Gasteiger partial charge < -0.3 is 29.1 Å². The SMILES string of the molecule is COc1ccc(-c2ccc(C(=O)N(C)C3CCN(C(=O)N4CCC(N(C)CC5CCOCC5)C4)C3)s2)c(C)c1. The lowest BCUT2D eigenvalue weighted by Gasteiger charge is -2.31. The Labute approximate surface area is 236 Å². The molecule has 0 saturated carbocycles. The maximum absolute atomic E-state index is 13.4. The van der Waals surface area contributed by atoms with E-state index in [1.165, 1.54) is 11.3 Å². The summed E-state index contributed by atoms with van der Waals surface area (Å²) in [4.78, 5) is 36.8. The topological polar surface area (TPSA) is 65.6 Å². The molecule has 3 saturated heterocycles. The lowest BCUT2D eigenvalue weighted by molar-refractivity contribution is 0.0508. The van der Waals surface area contributed by atoms with Gasteiger partial charge in [0, 0.05) is 63.9 Å². The van der Waals surface area contributed by atoms with E-state index >= 15 is 0 Å². The fraction of sp³-hybridized carbons (Fsp3) is 0.600. The Bertz CT molecular complexity index is 1160. The number of methoxy groups -OCH3 is 1. The zero-order valence-corrected chi connectivity index (χ0v) is 24.5. The Hall–Kier alpha value is -2.62. The number of rotatable bonds is 7. The van der Waals surface area contributed by atoms with Crippen molar-refractivity contribution in [3.8, 4) is 16.2 Å². The van der Waals surface area contributed by atoms with Gasteiger partial charge in [0.15, 0.2) is 0 Å². The molecule has 39 heavy (non-hydrogen) atoms. The Morgan fingerprint density at radius 2 is 1.69 bits per heavy atom. The second-order valence-corrected chi connectivity index (χ2v) is 12.4. The summed E-state index contributed by atoms with van der Waals surface area (Å²) in [5, 5.41) is 0. The van der Waals surface area contributed by atoms with Crippen molar-refractivity contribution in [3.05, 3.63) is 40.8 Å². The molecule has 5 rings (SSSR count). The molecule has 2 unspecified atom stereocenters.